The van der Waals surface area contributed by atoms with Crippen molar-refractivity contribution in [2.75, 3.05) is 19.8 Å². The first-order chi connectivity index (χ1) is 9.99. The molecule has 0 aliphatic carbocycles. The Hall–Kier alpha value is -1.95. The number of amides is 1. The number of halogens is 1. The molecule has 0 aromatic heterocycles. The Balaban J connectivity index is 2.28. The molecule has 1 aliphatic heterocycles. The number of carbonyl (C=O) groups is 2. The summed E-state index contributed by atoms with van der Waals surface area (Å²) in [5, 5.41) is 9.02. The van der Waals surface area contributed by atoms with Gasteiger partial charge in [-0.3, -0.25) is 9.59 Å². The van der Waals surface area contributed by atoms with Crippen molar-refractivity contribution in [2.24, 2.45) is 0 Å². The summed E-state index contributed by atoms with van der Waals surface area (Å²) >= 11 is 0. The van der Waals surface area contributed by atoms with E-state index in [1.165, 1.54) is 17.0 Å². The average Bonchev–Trinajstić information content (AvgIpc) is 2.47. The van der Waals surface area contributed by atoms with E-state index in [9.17, 15) is 14.0 Å². The number of carbonyl (C=O) groups excluding carboxylic acids is 1. The largest absolute Gasteiger partial charge is 0.480 e. The Morgan fingerprint density at radius 3 is 2.67 bits per heavy atom. The molecule has 0 bridgehead atoms. The van der Waals surface area contributed by atoms with E-state index < -0.39 is 24.2 Å². The van der Waals surface area contributed by atoms with Crippen LogP contribution in [0, 0.1) is 12.7 Å². The summed E-state index contributed by atoms with van der Waals surface area (Å²) in [4.78, 5) is 24.8. The quantitative estimate of drug-likeness (QED) is 0.920. The Labute approximate surface area is 122 Å². The maximum absolute atomic E-state index is 13.9. The van der Waals surface area contributed by atoms with Gasteiger partial charge in [-0.2, -0.15) is 0 Å². The summed E-state index contributed by atoms with van der Waals surface area (Å²) in [5.41, 5.74) is 0.671. The van der Waals surface area contributed by atoms with E-state index in [-0.39, 0.29) is 11.6 Å². The van der Waals surface area contributed by atoms with Crippen molar-refractivity contribution in [1.82, 2.24) is 4.90 Å². The van der Waals surface area contributed by atoms with Gasteiger partial charge in [0.1, 0.15) is 12.4 Å². The van der Waals surface area contributed by atoms with Crippen LogP contribution in [0.3, 0.4) is 0 Å². The standard InChI is InChI=1S/C15H18FNO4/c1-10-2-3-13(16)12(8-10)15(20)17(9-14(18)19)11-4-6-21-7-5-11/h2-3,8,11H,4-7,9H2,1H3,(H,18,19). The SMILES string of the molecule is Cc1ccc(F)c(C(=O)N(CC(=O)O)C2CCOCC2)c1. The highest BCUT2D eigenvalue weighted by Crippen LogP contribution is 2.19. The van der Waals surface area contributed by atoms with Crippen molar-refractivity contribution in [3.63, 3.8) is 0 Å². The number of aliphatic carboxylic acids is 1. The molecule has 1 N–H and O–H groups in total. The first kappa shape index (κ1) is 15.4. The Morgan fingerprint density at radius 2 is 2.05 bits per heavy atom. The van der Waals surface area contributed by atoms with E-state index in [1.807, 2.05) is 0 Å². The summed E-state index contributed by atoms with van der Waals surface area (Å²) in [6, 6.07) is 4.02. The minimum atomic E-state index is -1.11. The predicted molar refractivity (Wildman–Crippen MR) is 73.7 cm³/mol. The van der Waals surface area contributed by atoms with Gasteiger partial charge in [0.25, 0.3) is 5.91 Å². The molecule has 21 heavy (non-hydrogen) atoms. The molecule has 6 heteroatoms. The first-order valence-electron chi connectivity index (χ1n) is 6.85. The van der Waals surface area contributed by atoms with Crippen LogP contribution in [0.1, 0.15) is 28.8 Å². The van der Waals surface area contributed by atoms with E-state index in [0.29, 0.717) is 26.1 Å². The molecule has 0 radical (unpaired) electrons. The number of ether oxygens (including phenoxy) is 1. The zero-order valence-electron chi connectivity index (χ0n) is 11.8. The van der Waals surface area contributed by atoms with Crippen LogP contribution in [0.2, 0.25) is 0 Å². The van der Waals surface area contributed by atoms with Crippen molar-refractivity contribution < 1.29 is 23.8 Å². The molecule has 0 spiro atoms. The number of rotatable bonds is 4. The molecule has 0 saturated carbocycles. The number of carboxylic acid groups (broad SMARTS) is 1. The lowest BCUT2D eigenvalue weighted by Crippen LogP contribution is -2.46. The molecule has 1 heterocycles. The second kappa shape index (κ2) is 6.67. The smallest absolute Gasteiger partial charge is 0.323 e. The van der Waals surface area contributed by atoms with Crippen LogP contribution < -0.4 is 0 Å². The lowest BCUT2D eigenvalue weighted by molar-refractivity contribution is -0.138. The topological polar surface area (TPSA) is 66.8 Å². The van der Waals surface area contributed by atoms with Gasteiger partial charge in [-0.15, -0.1) is 0 Å². The van der Waals surface area contributed by atoms with Crippen LogP contribution >= 0.6 is 0 Å². The molecule has 0 atom stereocenters. The van der Waals surface area contributed by atoms with Crippen LogP contribution in [-0.2, 0) is 9.53 Å². The fourth-order valence-corrected chi connectivity index (χ4v) is 2.47. The van der Waals surface area contributed by atoms with Gasteiger partial charge in [0.15, 0.2) is 0 Å². The number of aryl methyl sites for hydroxylation is 1. The second-order valence-corrected chi connectivity index (χ2v) is 5.15. The zero-order valence-corrected chi connectivity index (χ0v) is 11.8. The Morgan fingerprint density at radius 1 is 1.38 bits per heavy atom. The van der Waals surface area contributed by atoms with Crippen LogP contribution in [-0.4, -0.2) is 47.7 Å². The van der Waals surface area contributed by atoms with Crippen LogP contribution in [0.5, 0.6) is 0 Å². The second-order valence-electron chi connectivity index (χ2n) is 5.15. The first-order valence-corrected chi connectivity index (χ1v) is 6.85. The van der Waals surface area contributed by atoms with Crippen molar-refractivity contribution in [3.8, 4) is 0 Å². The fourth-order valence-electron chi connectivity index (χ4n) is 2.47. The van der Waals surface area contributed by atoms with Gasteiger partial charge in [-0.05, 0) is 31.9 Å². The van der Waals surface area contributed by atoms with E-state index in [2.05, 4.69) is 0 Å². The summed E-state index contributed by atoms with van der Waals surface area (Å²) in [7, 11) is 0. The lowest BCUT2D eigenvalue weighted by atomic mass is 10.0. The Kier molecular flexibility index (Phi) is 4.90. The van der Waals surface area contributed by atoms with E-state index >= 15 is 0 Å². The van der Waals surface area contributed by atoms with Gasteiger partial charge in [0.05, 0.1) is 5.56 Å². The maximum atomic E-state index is 13.9. The number of benzene rings is 1. The molecule has 1 amide bonds. The highest BCUT2D eigenvalue weighted by atomic mass is 19.1. The third-order valence-electron chi connectivity index (χ3n) is 3.55. The number of hydrogen-bond donors (Lipinski definition) is 1. The zero-order chi connectivity index (χ0) is 15.4. The van der Waals surface area contributed by atoms with Gasteiger partial charge < -0.3 is 14.7 Å². The molecule has 1 fully saturated rings. The number of nitrogens with zero attached hydrogens (tertiary/aromatic N) is 1. The molecule has 114 valence electrons. The predicted octanol–water partition coefficient (Wildman–Crippen LogP) is 1.84. The van der Waals surface area contributed by atoms with Crippen LogP contribution in [0.4, 0.5) is 4.39 Å². The van der Waals surface area contributed by atoms with Crippen molar-refractivity contribution in [2.45, 2.75) is 25.8 Å². The van der Waals surface area contributed by atoms with Crippen molar-refractivity contribution >= 4 is 11.9 Å². The van der Waals surface area contributed by atoms with Gasteiger partial charge in [0, 0.05) is 19.3 Å². The van der Waals surface area contributed by atoms with Gasteiger partial charge >= 0.3 is 5.97 Å². The molecular formula is C15H18FNO4. The third-order valence-corrected chi connectivity index (χ3v) is 3.55. The number of carboxylic acids is 1. The molecule has 1 aromatic carbocycles. The summed E-state index contributed by atoms with van der Waals surface area (Å²) in [5.74, 6) is -2.32. The number of hydrogen-bond acceptors (Lipinski definition) is 3. The normalized spacial score (nSPS) is 15.7. The molecule has 1 aromatic rings. The van der Waals surface area contributed by atoms with Gasteiger partial charge in [0.2, 0.25) is 0 Å². The molecule has 0 unspecified atom stereocenters. The van der Waals surface area contributed by atoms with Crippen molar-refractivity contribution in [1.29, 1.82) is 0 Å². The molecular weight excluding hydrogens is 277 g/mol. The van der Waals surface area contributed by atoms with Crippen LogP contribution in [0.25, 0.3) is 0 Å². The van der Waals surface area contributed by atoms with Crippen LogP contribution in [0.15, 0.2) is 18.2 Å². The van der Waals surface area contributed by atoms with E-state index in [0.717, 1.165) is 5.56 Å². The average molecular weight is 295 g/mol. The molecule has 1 aliphatic rings. The molecule has 5 nitrogen and oxygen atoms in total. The molecule has 2 rings (SSSR count). The van der Waals surface area contributed by atoms with Crippen molar-refractivity contribution in [3.05, 3.63) is 35.1 Å². The molecule has 1 saturated heterocycles. The van der Waals surface area contributed by atoms with Gasteiger partial charge in [-0.1, -0.05) is 11.6 Å². The highest BCUT2D eigenvalue weighted by Gasteiger charge is 2.29. The monoisotopic (exact) mass is 295 g/mol. The maximum Gasteiger partial charge on any atom is 0.323 e. The highest BCUT2D eigenvalue weighted by molar-refractivity contribution is 5.96. The third kappa shape index (κ3) is 3.78. The Bertz CT molecular complexity index is 540. The summed E-state index contributed by atoms with van der Waals surface area (Å²) in [6.07, 6.45) is 1.12. The van der Waals surface area contributed by atoms with E-state index in [1.54, 1.807) is 13.0 Å². The lowest BCUT2D eigenvalue weighted by Gasteiger charge is -2.33. The van der Waals surface area contributed by atoms with Gasteiger partial charge in [-0.25, -0.2) is 4.39 Å². The van der Waals surface area contributed by atoms with E-state index in [4.69, 9.17) is 9.84 Å². The fraction of sp³-hybridized carbons (Fsp3) is 0.467. The minimum Gasteiger partial charge on any atom is -0.480 e. The minimum absolute atomic E-state index is 0.0808. The summed E-state index contributed by atoms with van der Waals surface area (Å²) in [6.45, 7) is 2.28. The summed E-state index contributed by atoms with van der Waals surface area (Å²) < 4.78 is 19.1.